The Morgan fingerprint density at radius 3 is 2.85 bits per heavy atom. The predicted octanol–water partition coefficient (Wildman–Crippen LogP) is 0.840. The number of likely N-dealkylation sites (tertiary alicyclic amines) is 1. The van der Waals surface area contributed by atoms with E-state index in [1.165, 1.54) is 0 Å². The molecule has 2 heterocycles. The van der Waals surface area contributed by atoms with Gasteiger partial charge in [-0.25, -0.2) is 0 Å². The summed E-state index contributed by atoms with van der Waals surface area (Å²) in [5.41, 5.74) is 0.939. The van der Waals surface area contributed by atoms with E-state index < -0.39 is 0 Å². The van der Waals surface area contributed by atoms with E-state index in [1.807, 2.05) is 6.07 Å². The van der Waals surface area contributed by atoms with Crippen molar-refractivity contribution in [3.8, 4) is 0 Å². The van der Waals surface area contributed by atoms with E-state index in [0.717, 1.165) is 25.3 Å². The van der Waals surface area contributed by atoms with E-state index in [0.29, 0.717) is 18.6 Å². The fourth-order valence-corrected chi connectivity index (χ4v) is 1.51. The van der Waals surface area contributed by atoms with E-state index in [-0.39, 0.29) is 0 Å². The normalized spacial score (nSPS) is 19.2. The minimum atomic E-state index is 0.372. The number of rotatable bonds is 2. The van der Waals surface area contributed by atoms with E-state index in [2.05, 4.69) is 10.1 Å². The molecule has 13 heavy (non-hydrogen) atoms. The van der Waals surface area contributed by atoms with Crippen LogP contribution in [0.5, 0.6) is 0 Å². The van der Waals surface area contributed by atoms with Crippen molar-refractivity contribution in [1.29, 1.82) is 0 Å². The first-order valence-corrected chi connectivity index (χ1v) is 4.48. The van der Waals surface area contributed by atoms with Gasteiger partial charge >= 0.3 is 0 Å². The van der Waals surface area contributed by atoms with Gasteiger partial charge in [0.05, 0.1) is 5.69 Å². The molecule has 1 fully saturated rings. The molecule has 1 aliphatic rings. The highest BCUT2D eigenvalue weighted by Gasteiger charge is 2.16. The average Bonchev–Trinajstić information content (AvgIpc) is 2.62. The summed E-state index contributed by atoms with van der Waals surface area (Å²) in [6.07, 6.45) is 2.93. The van der Waals surface area contributed by atoms with Crippen molar-refractivity contribution in [2.24, 2.45) is 0 Å². The Hall–Kier alpha value is -1.16. The summed E-state index contributed by atoms with van der Waals surface area (Å²) in [6, 6.07) is 1.86. The molecule has 0 aliphatic carbocycles. The van der Waals surface area contributed by atoms with Crippen LogP contribution >= 0.6 is 0 Å². The minimum Gasteiger partial charge on any atom is -0.364 e. The van der Waals surface area contributed by atoms with Gasteiger partial charge in [0.15, 0.2) is 0 Å². The summed E-state index contributed by atoms with van der Waals surface area (Å²) in [4.78, 5) is 13.2. The second-order valence-corrected chi connectivity index (χ2v) is 3.31. The Morgan fingerprint density at radius 2 is 2.23 bits per heavy atom. The van der Waals surface area contributed by atoms with E-state index in [9.17, 15) is 4.79 Å². The number of piperidine rings is 1. The van der Waals surface area contributed by atoms with Gasteiger partial charge in [0.1, 0.15) is 12.0 Å². The number of ketones is 1. The molecular formula is C9H12N2O2. The molecule has 0 saturated carbocycles. The third-order valence-electron chi connectivity index (χ3n) is 2.29. The van der Waals surface area contributed by atoms with Crippen LogP contribution < -0.4 is 0 Å². The fraction of sp³-hybridized carbons (Fsp3) is 0.556. The monoisotopic (exact) mass is 180 g/mol. The Labute approximate surface area is 76.5 Å². The molecule has 0 radical (unpaired) electrons. The molecule has 1 aromatic heterocycles. The highest BCUT2D eigenvalue weighted by molar-refractivity contribution is 5.79. The maximum absolute atomic E-state index is 11.0. The van der Waals surface area contributed by atoms with Gasteiger partial charge in [0.25, 0.3) is 0 Å². The van der Waals surface area contributed by atoms with E-state index >= 15 is 0 Å². The molecule has 0 N–H and O–H groups in total. The Bertz CT molecular complexity index is 272. The summed E-state index contributed by atoms with van der Waals surface area (Å²) in [5.74, 6) is 0.372. The van der Waals surface area contributed by atoms with Crippen molar-refractivity contribution < 1.29 is 9.32 Å². The first kappa shape index (κ1) is 8.44. The van der Waals surface area contributed by atoms with Crippen LogP contribution in [0.25, 0.3) is 0 Å². The van der Waals surface area contributed by atoms with Crippen LogP contribution in [0.3, 0.4) is 0 Å². The van der Waals surface area contributed by atoms with Crippen molar-refractivity contribution in [3.63, 3.8) is 0 Å². The quantitative estimate of drug-likeness (QED) is 0.676. The summed E-state index contributed by atoms with van der Waals surface area (Å²) in [5, 5.41) is 3.83. The standard InChI is InChI=1S/C9H12N2O2/c12-9-1-4-11(5-2-9)7-8-3-6-13-10-8/h3,6H,1-2,4-5,7H2. The van der Waals surface area contributed by atoms with Gasteiger partial charge in [0, 0.05) is 38.5 Å². The lowest BCUT2D eigenvalue weighted by Gasteiger charge is -2.24. The zero-order valence-electron chi connectivity index (χ0n) is 7.40. The number of hydrogen-bond acceptors (Lipinski definition) is 4. The Balaban J connectivity index is 1.86. The highest BCUT2D eigenvalue weighted by Crippen LogP contribution is 2.09. The molecule has 0 amide bonds. The van der Waals surface area contributed by atoms with Crippen LogP contribution in [0.4, 0.5) is 0 Å². The maximum atomic E-state index is 11.0. The number of Topliss-reactive ketones (excluding diaryl/α,β-unsaturated/α-hetero) is 1. The minimum absolute atomic E-state index is 0.372. The molecule has 0 atom stereocenters. The molecule has 4 nitrogen and oxygen atoms in total. The molecule has 2 rings (SSSR count). The first-order chi connectivity index (χ1) is 6.34. The molecule has 1 aliphatic heterocycles. The zero-order chi connectivity index (χ0) is 9.10. The summed E-state index contributed by atoms with van der Waals surface area (Å²) >= 11 is 0. The molecule has 0 spiro atoms. The molecular weight excluding hydrogens is 168 g/mol. The first-order valence-electron chi connectivity index (χ1n) is 4.48. The van der Waals surface area contributed by atoms with E-state index in [1.54, 1.807) is 6.26 Å². The largest absolute Gasteiger partial charge is 0.364 e. The second kappa shape index (κ2) is 3.70. The predicted molar refractivity (Wildman–Crippen MR) is 46.0 cm³/mol. The number of hydrogen-bond donors (Lipinski definition) is 0. The lowest BCUT2D eigenvalue weighted by molar-refractivity contribution is -0.121. The molecule has 0 unspecified atom stereocenters. The van der Waals surface area contributed by atoms with Crippen molar-refractivity contribution in [2.45, 2.75) is 19.4 Å². The lowest BCUT2D eigenvalue weighted by Crippen LogP contribution is -2.33. The lowest BCUT2D eigenvalue weighted by atomic mass is 10.1. The van der Waals surface area contributed by atoms with Gasteiger partial charge in [-0.2, -0.15) is 0 Å². The molecule has 0 aromatic carbocycles. The SMILES string of the molecule is O=C1CCN(Cc2ccon2)CC1. The van der Waals surface area contributed by atoms with Gasteiger partial charge in [-0.3, -0.25) is 9.69 Å². The van der Waals surface area contributed by atoms with Crippen molar-refractivity contribution >= 4 is 5.78 Å². The van der Waals surface area contributed by atoms with Crippen molar-refractivity contribution in [2.75, 3.05) is 13.1 Å². The Kier molecular flexibility index (Phi) is 2.40. The molecule has 1 saturated heterocycles. The van der Waals surface area contributed by atoms with Crippen LogP contribution in [0.2, 0.25) is 0 Å². The van der Waals surface area contributed by atoms with Crippen LogP contribution in [0.1, 0.15) is 18.5 Å². The third kappa shape index (κ3) is 2.15. The van der Waals surface area contributed by atoms with Gasteiger partial charge in [-0.1, -0.05) is 5.16 Å². The summed E-state index contributed by atoms with van der Waals surface area (Å²) in [6.45, 7) is 2.50. The van der Waals surface area contributed by atoms with Crippen LogP contribution in [0, 0.1) is 0 Å². The number of aromatic nitrogens is 1. The Morgan fingerprint density at radius 1 is 1.46 bits per heavy atom. The average molecular weight is 180 g/mol. The maximum Gasteiger partial charge on any atom is 0.135 e. The number of carbonyl (C=O) groups is 1. The smallest absolute Gasteiger partial charge is 0.135 e. The topological polar surface area (TPSA) is 46.3 Å². The highest BCUT2D eigenvalue weighted by atomic mass is 16.5. The van der Waals surface area contributed by atoms with E-state index in [4.69, 9.17) is 4.52 Å². The fourth-order valence-electron chi connectivity index (χ4n) is 1.51. The van der Waals surface area contributed by atoms with Gasteiger partial charge < -0.3 is 4.52 Å². The molecule has 4 heteroatoms. The summed E-state index contributed by atoms with van der Waals surface area (Å²) in [7, 11) is 0. The van der Waals surface area contributed by atoms with Crippen LogP contribution in [-0.2, 0) is 11.3 Å². The number of carbonyl (C=O) groups excluding carboxylic acids is 1. The molecule has 1 aromatic rings. The van der Waals surface area contributed by atoms with Gasteiger partial charge in [0.2, 0.25) is 0 Å². The van der Waals surface area contributed by atoms with Crippen molar-refractivity contribution in [3.05, 3.63) is 18.0 Å². The summed E-state index contributed by atoms with van der Waals surface area (Å²) < 4.78 is 4.73. The van der Waals surface area contributed by atoms with Crippen LogP contribution in [-0.4, -0.2) is 28.9 Å². The molecule has 0 bridgehead atoms. The molecule has 70 valence electrons. The van der Waals surface area contributed by atoms with Crippen LogP contribution in [0.15, 0.2) is 16.9 Å². The number of nitrogens with zero attached hydrogens (tertiary/aromatic N) is 2. The third-order valence-corrected chi connectivity index (χ3v) is 2.29. The second-order valence-electron chi connectivity index (χ2n) is 3.31. The van der Waals surface area contributed by atoms with Gasteiger partial charge in [-0.15, -0.1) is 0 Å². The zero-order valence-corrected chi connectivity index (χ0v) is 7.40. The van der Waals surface area contributed by atoms with Crippen molar-refractivity contribution in [1.82, 2.24) is 10.1 Å². The van der Waals surface area contributed by atoms with Gasteiger partial charge in [-0.05, 0) is 0 Å².